The van der Waals surface area contributed by atoms with Crippen LogP contribution >= 0.6 is 0 Å². The molecule has 1 aromatic carbocycles. The van der Waals surface area contributed by atoms with E-state index < -0.39 is 12.0 Å². The molecule has 0 saturated heterocycles. The number of aromatic nitrogens is 4. The lowest BCUT2D eigenvalue weighted by Crippen LogP contribution is -2.38. The van der Waals surface area contributed by atoms with Gasteiger partial charge in [0, 0.05) is 11.3 Å². The van der Waals surface area contributed by atoms with Gasteiger partial charge in [-0.2, -0.15) is 0 Å². The summed E-state index contributed by atoms with van der Waals surface area (Å²) in [5, 5.41) is 14.6. The number of esters is 1. The number of methoxy groups -OCH3 is 1. The lowest BCUT2D eigenvalue weighted by molar-refractivity contribution is -0.148. The Kier molecular flexibility index (Phi) is 4.45. The van der Waals surface area contributed by atoms with Crippen LogP contribution in [0.2, 0.25) is 0 Å². The molecule has 2 heterocycles. The molecule has 2 aromatic rings. The summed E-state index contributed by atoms with van der Waals surface area (Å²) in [7, 11) is 1.58. The highest BCUT2D eigenvalue weighted by molar-refractivity contribution is 5.79. The SMILES string of the molecule is C=C1Nc2nnnn2[C@@H](c2ccccc2OC)[C@@H]1C(=O)OCCC. The number of hydrogen-bond acceptors (Lipinski definition) is 7. The van der Waals surface area contributed by atoms with Gasteiger partial charge >= 0.3 is 5.97 Å². The van der Waals surface area contributed by atoms with E-state index in [0.29, 0.717) is 24.0 Å². The summed E-state index contributed by atoms with van der Waals surface area (Å²) in [6.07, 6.45) is 0.744. The standard InChI is InChI=1S/C16H19N5O3/c1-4-9-24-15(22)13-10(2)17-16-18-19-20-21(16)14(13)11-7-5-6-8-12(11)23-3/h5-8,13-14H,2,4,9H2,1,3H3,(H,17,18,20)/t13-,14+/m1/s1. The predicted molar refractivity (Wildman–Crippen MR) is 86.5 cm³/mol. The molecule has 3 rings (SSSR count). The largest absolute Gasteiger partial charge is 0.496 e. The molecule has 2 atom stereocenters. The van der Waals surface area contributed by atoms with Crippen LogP contribution in [0.5, 0.6) is 5.75 Å². The first kappa shape index (κ1) is 16.0. The van der Waals surface area contributed by atoms with Gasteiger partial charge in [-0.3, -0.25) is 4.79 Å². The molecule has 1 N–H and O–H groups in total. The Morgan fingerprint density at radius 1 is 1.42 bits per heavy atom. The third kappa shape index (κ3) is 2.70. The fraction of sp³-hybridized carbons (Fsp3) is 0.375. The summed E-state index contributed by atoms with van der Waals surface area (Å²) in [6.45, 7) is 6.27. The van der Waals surface area contributed by atoms with Gasteiger partial charge in [0.2, 0.25) is 5.95 Å². The summed E-state index contributed by atoms with van der Waals surface area (Å²) in [6, 6.07) is 6.96. The predicted octanol–water partition coefficient (Wildman–Crippen LogP) is 1.78. The molecule has 1 aliphatic rings. The number of carbonyl (C=O) groups is 1. The van der Waals surface area contributed by atoms with Crippen LogP contribution in [0.4, 0.5) is 5.95 Å². The van der Waals surface area contributed by atoms with E-state index in [9.17, 15) is 4.79 Å². The van der Waals surface area contributed by atoms with Crippen LogP contribution in [0.25, 0.3) is 0 Å². The zero-order chi connectivity index (χ0) is 17.1. The lowest BCUT2D eigenvalue weighted by atomic mass is 9.88. The van der Waals surface area contributed by atoms with Crippen LogP contribution < -0.4 is 10.1 Å². The molecular formula is C16H19N5O3. The van der Waals surface area contributed by atoms with Gasteiger partial charge in [-0.1, -0.05) is 36.8 Å². The smallest absolute Gasteiger partial charge is 0.317 e. The zero-order valence-electron chi connectivity index (χ0n) is 13.6. The van der Waals surface area contributed by atoms with Crippen molar-refractivity contribution in [2.45, 2.75) is 19.4 Å². The maximum absolute atomic E-state index is 12.6. The number of fused-ring (bicyclic) bond motifs is 1. The summed E-state index contributed by atoms with van der Waals surface area (Å²) < 4.78 is 12.4. The minimum absolute atomic E-state index is 0.351. The molecule has 0 spiro atoms. The molecule has 0 fully saturated rings. The first-order valence-corrected chi connectivity index (χ1v) is 7.70. The van der Waals surface area contributed by atoms with Crippen molar-refractivity contribution in [2.75, 3.05) is 19.0 Å². The average Bonchev–Trinajstić information content (AvgIpc) is 3.06. The molecule has 0 amide bonds. The number of para-hydroxylation sites is 1. The third-order valence-corrected chi connectivity index (χ3v) is 3.88. The molecule has 0 aliphatic carbocycles. The van der Waals surface area contributed by atoms with E-state index in [2.05, 4.69) is 27.4 Å². The summed E-state index contributed by atoms with van der Waals surface area (Å²) in [5.41, 5.74) is 1.28. The number of anilines is 1. The molecule has 0 bridgehead atoms. The number of rotatable bonds is 5. The summed E-state index contributed by atoms with van der Waals surface area (Å²) in [4.78, 5) is 12.6. The quantitative estimate of drug-likeness (QED) is 0.836. The van der Waals surface area contributed by atoms with Crippen molar-refractivity contribution < 1.29 is 14.3 Å². The van der Waals surface area contributed by atoms with Gasteiger partial charge in [-0.15, -0.1) is 0 Å². The van der Waals surface area contributed by atoms with Crippen molar-refractivity contribution in [3.63, 3.8) is 0 Å². The molecule has 24 heavy (non-hydrogen) atoms. The first-order valence-electron chi connectivity index (χ1n) is 7.70. The Morgan fingerprint density at radius 2 is 2.21 bits per heavy atom. The topological polar surface area (TPSA) is 91.2 Å². The minimum Gasteiger partial charge on any atom is -0.496 e. The van der Waals surface area contributed by atoms with Crippen molar-refractivity contribution in [1.82, 2.24) is 20.2 Å². The Bertz CT molecular complexity index is 758. The van der Waals surface area contributed by atoms with E-state index in [1.165, 1.54) is 0 Å². The Balaban J connectivity index is 2.09. The van der Waals surface area contributed by atoms with Gasteiger partial charge in [0.05, 0.1) is 13.7 Å². The molecule has 126 valence electrons. The third-order valence-electron chi connectivity index (χ3n) is 3.88. The highest BCUT2D eigenvalue weighted by Gasteiger charge is 2.42. The fourth-order valence-electron chi connectivity index (χ4n) is 2.80. The van der Waals surface area contributed by atoms with Crippen molar-refractivity contribution in [2.24, 2.45) is 5.92 Å². The van der Waals surface area contributed by atoms with Crippen molar-refractivity contribution in [3.8, 4) is 5.75 Å². The monoisotopic (exact) mass is 329 g/mol. The maximum atomic E-state index is 12.6. The summed E-state index contributed by atoms with van der Waals surface area (Å²) in [5.74, 6) is 0.0395. The number of nitrogens with zero attached hydrogens (tertiary/aromatic N) is 4. The molecule has 0 radical (unpaired) electrons. The second-order valence-corrected chi connectivity index (χ2v) is 5.43. The lowest BCUT2D eigenvalue weighted by Gasteiger charge is -2.33. The van der Waals surface area contributed by atoms with E-state index in [-0.39, 0.29) is 5.97 Å². The van der Waals surface area contributed by atoms with E-state index in [4.69, 9.17) is 9.47 Å². The fourth-order valence-corrected chi connectivity index (χ4v) is 2.80. The number of nitrogens with one attached hydrogen (secondary N) is 1. The van der Waals surface area contributed by atoms with Crippen LogP contribution in [0.15, 0.2) is 36.5 Å². The van der Waals surface area contributed by atoms with Crippen LogP contribution in [0.1, 0.15) is 24.9 Å². The van der Waals surface area contributed by atoms with Crippen molar-refractivity contribution >= 4 is 11.9 Å². The van der Waals surface area contributed by atoms with Crippen molar-refractivity contribution in [1.29, 1.82) is 0 Å². The van der Waals surface area contributed by atoms with Crippen LogP contribution in [0.3, 0.4) is 0 Å². The number of tetrazole rings is 1. The van der Waals surface area contributed by atoms with E-state index in [1.54, 1.807) is 11.8 Å². The van der Waals surface area contributed by atoms with Crippen molar-refractivity contribution in [3.05, 3.63) is 42.1 Å². The van der Waals surface area contributed by atoms with Crippen LogP contribution in [-0.2, 0) is 9.53 Å². The molecule has 1 aromatic heterocycles. The zero-order valence-corrected chi connectivity index (χ0v) is 13.6. The second kappa shape index (κ2) is 6.69. The Hall–Kier alpha value is -2.90. The molecule has 0 saturated carbocycles. The Labute approximate surface area is 139 Å². The van der Waals surface area contributed by atoms with Gasteiger partial charge in [-0.25, -0.2) is 4.68 Å². The molecule has 0 unspecified atom stereocenters. The second-order valence-electron chi connectivity index (χ2n) is 5.43. The minimum atomic E-state index is -0.663. The Morgan fingerprint density at radius 3 is 2.96 bits per heavy atom. The molecule has 1 aliphatic heterocycles. The van der Waals surface area contributed by atoms with E-state index in [0.717, 1.165) is 12.0 Å². The molecule has 8 heteroatoms. The van der Waals surface area contributed by atoms with Crippen LogP contribution in [0, 0.1) is 5.92 Å². The van der Waals surface area contributed by atoms with Gasteiger partial charge in [0.1, 0.15) is 17.7 Å². The molecular weight excluding hydrogens is 310 g/mol. The van der Waals surface area contributed by atoms with Crippen LogP contribution in [-0.4, -0.2) is 39.9 Å². The average molecular weight is 329 g/mol. The van der Waals surface area contributed by atoms with E-state index in [1.807, 2.05) is 31.2 Å². The molecule has 8 nitrogen and oxygen atoms in total. The normalized spacial score (nSPS) is 19.3. The number of carbonyl (C=O) groups excluding carboxylic acids is 1. The van der Waals surface area contributed by atoms with Gasteiger partial charge in [0.25, 0.3) is 0 Å². The highest BCUT2D eigenvalue weighted by Crippen LogP contribution is 2.40. The highest BCUT2D eigenvalue weighted by atomic mass is 16.5. The van der Waals surface area contributed by atoms with Gasteiger partial charge in [-0.05, 0) is 22.9 Å². The number of hydrogen-bond donors (Lipinski definition) is 1. The summed E-state index contributed by atoms with van der Waals surface area (Å²) >= 11 is 0. The maximum Gasteiger partial charge on any atom is 0.317 e. The van der Waals surface area contributed by atoms with Gasteiger partial charge in [0.15, 0.2) is 0 Å². The van der Waals surface area contributed by atoms with Gasteiger partial charge < -0.3 is 14.8 Å². The van der Waals surface area contributed by atoms with E-state index >= 15 is 0 Å². The first-order chi connectivity index (χ1) is 11.7. The number of ether oxygens (including phenoxy) is 2. The number of benzene rings is 1.